The number of nitrogens with one attached hydrogen (secondary N) is 1. The zero-order valence-electron chi connectivity index (χ0n) is 16.4. The highest BCUT2D eigenvalue weighted by Gasteiger charge is 2.24. The van der Waals surface area contributed by atoms with Gasteiger partial charge in [0.15, 0.2) is 0 Å². The molecule has 0 bridgehead atoms. The minimum absolute atomic E-state index is 0.00493. The van der Waals surface area contributed by atoms with Gasteiger partial charge in [0.1, 0.15) is 0 Å². The zero-order chi connectivity index (χ0) is 19.2. The number of benzene rings is 1. The number of nitrogens with zero attached hydrogens (tertiary/aromatic N) is 3. The van der Waals surface area contributed by atoms with Gasteiger partial charge in [-0.2, -0.15) is 0 Å². The topological polar surface area (TPSA) is 48.1 Å². The van der Waals surface area contributed by atoms with E-state index in [1.54, 1.807) is 0 Å². The molecule has 27 heavy (non-hydrogen) atoms. The molecule has 1 aromatic rings. The number of rotatable bonds is 5. The van der Waals surface area contributed by atoms with Crippen LogP contribution in [-0.4, -0.2) is 80.9 Å². The number of carbonyl (C=O) groups excluding carboxylic acids is 1. The van der Waals surface area contributed by atoms with Crippen LogP contribution < -0.4 is 10.2 Å². The second-order valence-corrected chi connectivity index (χ2v) is 8.22. The Balaban J connectivity index is 1.40. The van der Waals surface area contributed by atoms with Gasteiger partial charge in [-0.3, -0.25) is 4.90 Å². The molecule has 0 radical (unpaired) electrons. The smallest absolute Gasteiger partial charge is 0.317 e. The predicted molar refractivity (Wildman–Crippen MR) is 110 cm³/mol. The van der Waals surface area contributed by atoms with Gasteiger partial charge in [-0.1, -0.05) is 31.5 Å². The fourth-order valence-electron chi connectivity index (χ4n) is 3.74. The highest BCUT2D eigenvalue weighted by molar-refractivity contribution is 6.30. The number of piperazine rings is 1. The van der Waals surface area contributed by atoms with Gasteiger partial charge in [0, 0.05) is 63.1 Å². The highest BCUT2D eigenvalue weighted by atomic mass is 35.5. The molecule has 3 rings (SSSR count). The first-order valence-electron chi connectivity index (χ1n) is 9.88. The van der Waals surface area contributed by atoms with E-state index < -0.39 is 0 Å². The van der Waals surface area contributed by atoms with Crippen molar-refractivity contribution >= 4 is 23.3 Å². The minimum atomic E-state index is 0.00493. The second-order valence-electron chi connectivity index (χ2n) is 7.79. The molecular weight excluding hydrogens is 364 g/mol. The summed E-state index contributed by atoms with van der Waals surface area (Å²) < 4.78 is 5.82. The Morgan fingerprint density at radius 2 is 2.04 bits per heavy atom. The number of hydrogen-bond donors (Lipinski definition) is 1. The lowest BCUT2D eigenvalue weighted by Gasteiger charge is -2.37. The molecular formula is C20H31ClN4O2. The van der Waals surface area contributed by atoms with E-state index in [2.05, 4.69) is 35.0 Å². The quantitative estimate of drug-likeness (QED) is 0.833. The van der Waals surface area contributed by atoms with Crippen molar-refractivity contribution in [3.05, 3.63) is 29.3 Å². The van der Waals surface area contributed by atoms with Crippen molar-refractivity contribution in [1.29, 1.82) is 0 Å². The SMILES string of the molecule is CC(C)CN1CCOC(CNC(=O)N2CCN(c3cccc(Cl)c3)CC2)C1. The van der Waals surface area contributed by atoms with Crippen LogP contribution in [0.5, 0.6) is 0 Å². The van der Waals surface area contributed by atoms with Gasteiger partial charge < -0.3 is 19.9 Å². The van der Waals surface area contributed by atoms with Crippen LogP contribution in [0.1, 0.15) is 13.8 Å². The Bertz CT molecular complexity index is 620. The van der Waals surface area contributed by atoms with E-state index >= 15 is 0 Å². The number of halogens is 1. The molecule has 6 nitrogen and oxygen atoms in total. The number of urea groups is 1. The number of morpholine rings is 1. The first-order valence-corrected chi connectivity index (χ1v) is 10.3. The number of ether oxygens (including phenoxy) is 1. The molecule has 0 saturated carbocycles. The van der Waals surface area contributed by atoms with E-state index in [0.29, 0.717) is 25.6 Å². The summed E-state index contributed by atoms with van der Waals surface area (Å²) >= 11 is 6.08. The van der Waals surface area contributed by atoms with Crippen LogP contribution in [0.2, 0.25) is 5.02 Å². The van der Waals surface area contributed by atoms with E-state index in [-0.39, 0.29) is 12.1 Å². The van der Waals surface area contributed by atoms with Gasteiger partial charge in [0.25, 0.3) is 0 Å². The van der Waals surface area contributed by atoms with Gasteiger partial charge in [-0.25, -0.2) is 4.79 Å². The maximum absolute atomic E-state index is 12.5. The maximum atomic E-state index is 12.5. The normalized spacial score (nSPS) is 21.6. The van der Waals surface area contributed by atoms with Gasteiger partial charge in [0.05, 0.1) is 12.7 Å². The lowest BCUT2D eigenvalue weighted by Crippen LogP contribution is -2.54. The van der Waals surface area contributed by atoms with E-state index in [4.69, 9.17) is 16.3 Å². The summed E-state index contributed by atoms with van der Waals surface area (Å²) in [6, 6.07) is 7.88. The summed E-state index contributed by atoms with van der Waals surface area (Å²) in [7, 11) is 0. The zero-order valence-corrected chi connectivity index (χ0v) is 17.1. The third kappa shape index (κ3) is 5.99. The van der Waals surface area contributed by atoms with Crippen LogP contribution in [0.3, 0.4) is 0 Å². The fourth-order valence-corrected chi connectivity index (χ4v) is 3.92. The van der Waals surface area contributed by atoms with E-state index in [9.17, 15) is 4.79 Å². The lowest BCUT2D eigenvalue weighted by atomic mass is 10.2. The van der Waals surface area contributed by atoms with Crippen molar-refractivity contribution in [1.82, 2.24) is 15.1 Å². The van der Waals surface area contributed by atoms with Crippen LogP contribution in [-0.2, 0) is 4.74 Å². The summed E-state index contributed by atoms with van der Waals surface area (Å²) in [5, 5.41) is 3.80. The van der Waals surface area contributed by atoms with Gasteiger partial charge >= 0.3 is 6.03 Å². The van der Waals surface area contributed by atoms with Crippen LogP contribution >= 0.6 is 11.6 Å². The molecule has 1 atom stereocenters. The molecule has 2 aliphatic rings. The molecule has 0 aromatic heterocycles. The molecule has 1 unspecified atom stereocenters. The average molecular weight is 395 g/mol. The van der Waals surface area contributed by atoms with Gasteiger partial charge in [-0.15, -0.1) is 0 Å². The Morgan fingerprint density at radius 1 is 1.26 bits per heavy atom. The van der Waals surface area contributed by atoms with Crippen LogP contribution in [0.4, 0.5) is 10.5 Å². The molecule has 2 aliphatic heterocycles. The van der Waals surface area contributed by atoms with Crippen molar-refractivity contribution in [3.63, 3.8) is 0 Å². The molecule has 7 heteroatoms. The fraction of sp³-hybridized carbons (Fsp3) is 0.650. The second kappa shape index (κ2) is 9.62. The molecule has 2 saturated heterocycles. The monoisotopic (exact) mass is 394 g/mol. The van der Waals surface area contributed by atoms with Crippen molar-refractivity contribution in [2.45, 2.75) is 20.0 Å². The lowest BCUT2D eigenvalue weighted by molar-refractivity contribution is -0.0294. The average Bonchev–Trinajstić information content (AvgIpc) is 2.66. The van der Waals surface area contributed by atoms with Crippen molar-refractivity contribution in [2.24, 2.45) is 5.92 Å². The summed E-state index contributed by atoms with van der Waals surface area (Å²) in [5.74, 6) is 0.647. The molecule has 1 N–H and O–H groups in total. The predicted octanol–water partition coefficient (Wildman–Crippen LogP) is 2.53. The van der Waals surface area contributed by atoms with Gasteiger partial charge in [0.2, 0.25) is 0 Å². The summed E-state index contributed by atoms with van der Waals surface area (Å²) in [5.41, 5.74) is 1.11. The Labute approximate surface area is 167 Å². The summed E-state index contributed by atoms with van der Waals surface area (Å²) in [6.45, 7) is 11.8. The van der Waals surface area contributed by atoms with Crippen LogP contribution in [0, 0.1) is 5.92 Å². The first kappa shape index (κ1) is 20.2. The number of amides is 2. The van der Waals surface area contributed by atoms with E-state index in [1.165, 1.54) is 0 Å². The summed E-state index contributed by atoms with van der Waals surface area (Å²) in [6.07, 6.45) is 0.0780. The largest absolute Gasteiger partial charge is 0.374 e. The van der Waals surface area contributed by atoms with Crippen molar-refractivity contribution in [3.8, 4) is 0 Å². The highest BCUT2D eigenvalue weighted by Crippen LogP contribution is 2.20. The standard InChI is InChI=1S/C20H31ClN4O2/c1-16(2)14-23-10-11-27-19(15-23)13-22-20(26)25-8-6-24(7-9-25)18-5-3-4-17(21)12-18/h3-5,12,16,19H,6-11,13-15H2,1-2H3,(H,22,26). The molecule has 0 spiro atoms. The Kier molecular flexibility index (Phi) is 7.21. The minimum Gasteiger partial charge on any atom is -0.374 e. The number of hydrogen-bond acceptors (Lipinski definition) is 4. The molecule has 2 fully saturated rings. The van der Waals surface area contributed by atoms with Crippen LogP contribution in [0.25, 0.3) is 0 Å². The van der Waals surface area contributed by atoms with Crippen LogP contribution in [0.15, 0.2) is 24.3 Å². The van der Waals surface area contributed by atoms with Crippen molar-refractivity contribution < 1.29 is 9.53 Å². The summed E-state index contributed by atoms with van der Waals surface area (Å²) in [4.78, 5) is 19.1. The molecule has 2 heterocycles. The third-order valence-corrected chi connectivity index (χ3v) is 5.30. The molecule has 2 amide bonds. The Hall–Kier alpha value is -1.50. The Morgan fingerprint density at radius 3 is 2.74 bits per heavy atom. The van der Waals surface area contributed by atoms with Crippen molar-refractivity contribution in [2.75, 3.05) is 63.9 Å². The van der Waals surface area contributed by atoms with E-state index in [1.807, 2.05) is 23.1 Å². The maximum Gasteiger partial charge on any atom is 0.317 e. The first-order chi connectivity index (χ1) is 13.0. The molecule has 1 aromatic carbocycles. The molecule has 150 valence electrons. The third-order valence-electron chi connectivity index (χ3n) is 5.07. The number of anilines is 1. The van der Waals surface area contributed by atoms with Gasteiger partial charge in [-0.05, 0) is 24.1 Å². The molecule has 0 aliphatic carbocycles. The van der Waals surface area contributed by atoms with E-state index in [0.717, 1.165) is 50.0 Å². The number of carbonyl (C=O) groups is 1.